The van der Waals surface area contributed by atoms with Gasteiger partial charge in [-0.1, -0.05) is 11.6 Å². The van der Waals surface area contributed by atoms with Gasteiger partial charge in [0.2, 0.25) is 0 Å². The Hall–Kier alpha value is -2.54. The molecule has 3 aromatic heterocycles. The standard InChI is InChI=1S/C12H7ClFN5O/c13-7-1-4-16-11(10(7)14)12(20)18-9-2-5-15-8-3-6-17-19(8)9/h1-6H,(H,18,20). The quantitative estimate of drug-likeness (QED) is 0.785. The van der Waals surface area contributed by atoms with Crippen LogP contribution < -0.4 is 5.32 Å². The zero-order chi connectivity index (χ0) is 14.1. The highest BCUT2D eigenvalue weighted by atomic mass is 35.5. The van der Waals surface area contributed by atoms with Crippen molar-refractivity contribution in [3.05, 3.63) is 53.3 Å². The van der Waals surface area contributed by atoms with Crippen LogP contribution in [0.4, 0.5) is 10.2 Å². The fraction of sp³-hybridized carbons (Fsp3) is 0. The lowest BCUT2D eigenvalue weighted by Gasteiger charge is -2.07. The first-order chi connectivity index (χ1) is 9.66. The maximum atomic E-state index is 13.7. The van der Waals surface area contributed by atoms with Crippen molar-refractivity contribution < 1.29 is 9.18 Å². The lowest BCUT2D eigenvalue weighted by atomic mass is 10.3. The van der Waals surface area contributed by atoms with E-state index in [1.807, 2.05) is 0 Å². The van der Waals surface area contributed by atoms with Gasteiger partial charge in [-0.05, 0) is 12.1 Å². The van der Waals surface area contributed by atoms with Gasteiger partial charge in [0.1, 0.15) is 5.82 Å². The van der Waals surface area contributed by atoms with E-state index in [1.165, 1.54) is 29.2 Å². The van der Waals surface area contributed by atoms with Crippen LogP contribution in [0.2, 0.25) is 5.02 Å². The van der Waals surface area contributed by atoms with Crippen molar-refractivity contribution in [3.8, 4) is 0 Å². The van der Waals surface area contributed by atoms with E-state index >= 15 is 0 Å². The Balaban J connectivity index is 1.97. The van der Waals surface area contributed by atoms with Crippen LogP contribution in [-0.2, 0) is 0 Å². The van der Waals surface area contributed by atoms with Gasteiger partial charge in [-0.3, -0.25) is 4.79 Å². The summed E-state index contributed by atoms with van der Waals surface area (Å²) in [5, 5.41) is 6.36. The number of pyridine rings is 1. The number of carbonyl (C=O) groups excluding carboxylic acids is 1. The third-order valence-corrected chi connectivity index (χ3v) is 2.88. The van der Waals surface area contributed by atoms with Crippen LogP contribution in [0.25, 0.3) is 5.65 Å². The van der Waals surface area contributed by atoms with E-state index in [9.17, 15) is 9.18 Å². The summed E-state index contributed by atoms with van der Waals surface area (Å²) in [5.74, 6) is -1.23. The molecule has 0 unspecified atom stereocenters. The van der Waals surface area contributed by atoms with E-state index in [4.69, 9.17) is 11.6 Å². The highest BCUT2D eigenvalue weighted by Gasteiger charge is 2.17. The minimum Gasteiger partial charge on any atom is -0.305 e. The molecule has 3 aromatic rings. The Morgan fingerprint density at radius 3 is 2.85 bits per heavy atom. The summed E-state index contributed by atoms with van der Waals surface area (Å²) in [7, 11) is 0. The monoisotopic (exact) mass is 291 g/mol. The van der Waals surface area contributed by atoms with Gasteiger partial charge in [0, 0.05) is 18.5 Å². The van der Waals surface area contributed by atoms with Crippen LogP contribution in [0.15, 0.2) is 36.8 Å². The highest BCUT2D eigenvalue weighted by Crippen LogP contribution is 2.17. The molecule has 100 valence electrons. The van der Waals surface area contributed by atoms with Crippen molar-refractivity contribution in [2.45, 2.75) is 0 Å². The second-order valence-electron chi connectivity index (χ2n) is 3.84. The lowest BCUT2D eigenvalue weighted by molar-refractivity contribution is 0.101. The lowest BCUT2D eigenvalue weighted by Crippen LogP contribution is -2.18. The molecule has 6 nitrogen and oxygen atoms in total. The molecule has 0 aliphatic carbocycles. The average molecular weight is 292 g/mol. The van der Waals surface area contributed by atoms with Crippen molar-refractivity contribution in [1.82, 2.24) is 19.6 Å². The molecular weight excluding hydrogens is 285 g/mol. The summed E-state index contributed by atoms with van der Waals surface area (Å²) in [6, 6.07) is 4.49. The van der Waals surface area contributed by atoms with Crippen molar-refractivity contribution in [2.24, 2.45) is 0 Å². The van der Waals surface area contributed by atoms with Crippen LogP contribution in [0.1, 0.15) is 10.5 Å². The first kappa shape index (κ1) is 12.5. The molecule has 0 aliphatic heterocycles. The second-order valence-corrected chi connectivity index (χ2v) is 4.25. The molecular formula is C12H7ClFN5O. The van der Waals surface area contributed by atoms with E-state index in [2.05, 4.69) is 20.4 Å². The zero-order valence-corrected chi connectivity index (χ0v) is 10.7. The van der Waals surface area contributed by atoms with Crippen LogP contribution in [0, 0.1) is 5.82 Å². The van der Waals surface area contributed by atoms with Gasteiger partial charge in [0.05, 0.1) is 11.2 Å². The first-order valence-corrected chi connectivity index (χ1v) is 5.95. The van der Waals surface area contributed by atoms with E-state index in [0.29, 0.717) is 11.5 Å². The van der Waals surface area contributed by atoms with E-state index < -0.39 is 11.7 Å². The molecule has 3 heterocycles. The zero-order valence-electron chi connectivity index (χ0n) is 9.92. The average Bonchev–Trinajstić information content (AvgIpc) is 2.91. The van der Waals surface area contributed by atoms with Gasteiger partial charge in [0.25, 0.3) is 5.91 Å². The number of aromatic nitrogens is 4. The minimum atomic E-state index is -0.863. The third kappa shape index (κ3) is 2.08. The van der Waals surface area contributed by atoms with E-state index in [0.717, 1.165) is 0 Å². The molecule has 8 heteroatoms. The molecule has 1 N–H and O–H groups in total. The topological polar surface area (TPSA) is 72.2 Å². The van der Waals surface area contributed by atoms with Crippen LogP contribution in [-0.4, -0.2) is 25.5 Å². The number of rotatable bonds is 2. The Bertz CT molecular complexity index is 803. The number of carbonyl (C=O) groups is 1. The van der Waals surface area contributed by atoms with Crippen LogP contribution >= 0.6 is 11.6 Å². The molecule has 1 amide bonds. The number of halogens is 2. The summed E-state index contributed by atoms with van der Waals surface area (Å²) < 4.78 is 15.1. The molecule has 0 bridgehead atoms. The summed E-state index contributed by atoms with van der Waals surface area (Å²) in [4.78, 5) is 19.8. The molecule has 0 aromatic carbocycles. The summed E-state index contributed by atoms with van der Waals surface area (Å²) in [6.45, 7) is 0. The van der Waals surface area contributed by atoms with Gasteiger partial charge < -0.3 is 5.32 Å². The second kappa shape index (κ2) is 4.86. The van der Waals surface area contributed by atoms with Gasteiger partial charge in [-0.15, -0.1) is 0 Å². The number of hydrogen-bond donors (Lipinski definition) is 1. The van der Waals surface area contributed by atoms with Gasteiger partial charge in [0.15, 0.2) is 17.2 Å². The Labute approximate surface area is 117 Å². The molecule has 0 fully saturated rings. The van der Waals surface area contributed by atoms with Crippen molar-refractivity contribution in [2.75, 3.05) is 5.32 Å². The van der Waals surface area contributed by atoms with Crippen molar-refractivity contribution in [1.29, 1.82) is 0 Å². The molecule has 3 rings (SSSR count). The number of nitrogens with zero attached hydrogens (tertiary/aromatic N) is 4. The highest BCUT2D eigenvalue weighted by molar-refractivity contribution is 6.31. The number of nitrogens with one attached hydrogen (secondary N) is 1. The Morgan fingerprint density at radius 2 is 2.00 bits per heavy atom. The SMILES string of the molecule is O=C(Nc1ccnc2ccnn12)c1nccc(Cl)c1F. The molecule has 0 saturated heterocycles. The summed E-state index contributed by atoms with van der Waals surface area (Å²) >= 11 is 5.62. The smallest absolute Gasteiger partial charge is 0.278 e. The molecule has 20 heavy (non-hydrogen) atoms. The van der Waals surface area contributed by atoms with Crippen molar-refractivity contribution in [3.63, 3.8) is 0 Å². The maximum absolute atomic E-state index is 13.7. The van der Waals surface area contributed by atoms with Crippen LogP contribution in [0.5, 0.6) is 0 Å². The fourth-order valence-corrected chi connectivity index (χ4v) is 1.83. The number of hydrogen-bond acceptors (Lipinski definition) is 4. The Morgan fingerprint density at radius 1 is 1.20 bits per heavy atom. The van der Waals surface area contributed by atoms with Gasteiger partial charge in [-0.25, -0.2) is 14.4 Å². The minimum absolute atomic E-state index is 0.163. The fourth-order valence-electron chi connectivity index (χ4n) is 1.68. The molecule has 0 atom stereocenters. The van der Waals surface area contributed by atoms with E-state index in [-0.39, 0.29) is 10.7 Å². The summed E-state index contributed by atoms with van der Waals surface area (Å²) in [6.07, 6.45) is 4.31. The first-order valence-electron chi connectivity index (χ1n) is 5.57. The predicted octanol–water partition coefficient (Wildman–Crippen LogP) is 2.17. The van der Waals surface area contributed by atoms with E-state index in [1.54, 1.807) is 12.1 Å². The number of fused-ring (bicyclic) bond motifs is 1. The van der Waals surface area contributed by atoms with Gasteiger partial charge >= 0.3 is 0 Å². The third-order valence-electron chi connectivity index (χ3n) is 2.59. The normalized spacial score (nSPS) is 10.7. The number of amides is 1. The summed E-state index contributed by atoms with van der Waals surface area (Å²) in [5.41, 5.74) is 0.178. The van der Waals surface area contributed by atoms with Crippen molar-refractivity contribution >= 4 is 29.0 Å². The molecule has 0 aliphatic rings. The molecule has 0 saturated carbocycles. The number of anilines is 1. The molecule has 0 radical (unpaired) electrons. The predicted molar refractivity (Wildman–Crippen MR) is 70.1 cm³/mol. The van der Waals surface area contributed by atoms with Gasteiger partial charge in [-0.2, -0.15) is 9.61 Å². The van der Waals surface area contributed by atoms with Crippen LogP contribution in [0.3, 0.4) is 0 Å². The Kier molecular flexibility index (Phi) is 3.03. The largest absolute Gasteiger partial charge is 0.305 e. The maximum Gasteiger partial charge on any atom is 0.278 e. The molecule has 0 spiro atoms.